The Hall–Kier alpha value is -2.07. The van der Waals surface area contributed by atoms with E-state index in [4.69, 9.17) is 33.3 Å². The maximum absolute atomic E-state index is 12.7. The van der Waals surface area contributed by atoms with E-state index in [0.29, 0.717) is 35.9 Å². The summed E-state index contributed by atoms with van der Waals surface area (Å²) in [6.45, 7) is 5.50. The minimum atomic E-state index is -0.342. The van der Waals surface area contributed by atoms with Crippen LogP contribution in [0, 0.1) is 6.92 Å². The van der Waals surface area contributed by atoms with E-state index >= 15 is 0 Å². The molecule has 1 saturated heterocycles. The van der Waals surface area contributed by atoms with Crippen LogP contribution in [0.1, 0.15) is 25.0 Å². The zero-order chi connectivity index (χ0) is 24.3. The number of thioether (sulfide) groups is 1. The zero-order valence-corrected chi connectivity index (χ0v) is 22.4. The van der Waals surface area contributed by atoms with Crippen LogP contribution in [0.2, 0.25) is 5.02 Å². The second-order valence-corrected chi connectivity index (χ2v) is 10.4. The second kappa shape index (κ2) is 10.9. The van der Waals surface area contributed by atoms with Gasteiger partial charge in [0.05, 0.1) is 16.5 Å². The van der Waals surface area contributed by atoms with Crippen molar-refractivity contribution in [3.63, 3.8) is 0 Å². The lowest BCUT2D eigenvalue weighted by Crippen LogP contribution is -2.34. The molecule has 0 spiro atoms. The number of methoxy groups -OCH3 is 1. The summed E-state index contributed by atoms with van der Waals surface area (Å²) >= 11 is 16.2. The Morgan fingerprint density at radius 1 is 1.33 bits per heavy atom. The van der Waals surface area contributed by atoms with Crippen molar-refractivity contribution < 1.29 is 19.1 Å². The molecule has 10 heteroatoms. The molecule has 0 atom stereocenters. The molecule has 0 unspecified atom stereocenters. The number of aryl methyl sites for hydroxylation is 1. The number of thiocarbonyl (C=S) groups is 1. The van der Waals surface area contributed by atoms with E-state index in [9.17, 15) is 9.59 Å². The first-order valence-electron chi connectivity index (χ1n) is 9.94. The summed E-state index contributed by atoms with van der Waals surface area (Å²) in [5.74, 6) is 0.330. The molecule has 0 aliphatic carbocycles. The lowest BCUT2D eigenvalue weighted by atomic mass is 10.1. The number of anilines is 1. The largest absolute Gasteiger partial charge is 0.493 e. The quantitative estimate of drug-likeness (QED) is 0.324. The van der Waals surface area contributed by atoms with Gasteiger partial charge < -0.3 is 14.8 Å². The van der Waals surface area contributed by atoms with E-state index in [1.807, 2.05) is 26.8 Å². The number of hydrogen-bond donors (Lipinski definition) is 1. The number of rotatable bonds is 7. The molecule has 0 bridgehead atoms. The van der Waals surface area contributed by atoms with Gasteiger partial charge in [-0.2, -0.15) is 0 Å². The number of halogens is 2. The Morgan fingerprint density at radius 2 is 2.06 bits per heavy atom. The third-order valence-corrected chi connectivity index (χ3v) is 7.02. The van der Waals surface area contributed by atoms with Gasteiger partial charge in [-0.3, -0.25) is 14.5 Å². The van der Waals surface area contributed by atoms with Crippen LogP contribution in [0.5, 0.6) is 11.5 Å². The summed E-state index contributed by atoms with van der Waals surface area (Å²) in [5.41, 5.74) is 2.24. The highest BCUT2D eigenvalue weighted by Gasteiger charge is 2.33. The van der Waals surface area contributed by atoms with Gasteiger partial charge in [0.15, 0.2) is 18.1 Å². The number of benzene rings is 2. The summed E-state index contributed by atoms with van der Waals surface area (Å²) in [7, 11) is 1.50. The molecular formula is C23H22BrClN2O4S2. The first-order valence-corrected chi connectivity index (χ1v) is 12.3. The molecular weight excluding hydrogens is 548 g/mol. The topological polar surface area (TPSA) is 67.9 Å². The summed E-state index contributed by atoms with van der Waals surface area (Å²) in [6.07, 6.45) is 1.76. The number of nitrogens with one attached hydrogen (secondary N) is 1. The molecule has 1 N–H and O–H groups in total. The van der Waals surface area contributed by atoms with Gasteiger partial charge in [0.2, 0.25) is 0 Å². The Bertz CT molecular complexity index is 1150. The summed E-state index contributed by atoms with van der Waals surface area (Å²) in [5, 5.41) is 3.32. The van der Waals surface area contributed by atoms with Gasteiger partial charge in [-0.25, -0.2) is 0 Å². The van der Waals surface area contributed by atoms with E-state index in [0.717, 1.165) is 11.1 Å². The molecule has 33 heavy (non-hydrogen) atoms. The molecule has 2 amide bonds. The SMILES string of the molecule is COc1cc(/C=C2\SC(=S)N(C(C)C)C2=O)cc(Br)c1OCC(=O)Nc1ccc(C)c(Cl)c1. The molecule has 1 aliphatic rings. The Kier molecular flexibility index (Phi) is 8.44. The predicted molar refractivity (Wildman–Crippen MR) is 141 cm³/mol. The standard InChI is InChI=1S/C23H22BrClN2O4S2/c1-12(2)27-22(29)19(33-23(27)32)9-14-7-16(24)21(18(8-14)30-4)31-11-20(28)26-15-6-5-13(3)17(25)10-15/h5-10,12H,11H2,1-4H3,(H,26,28)/b19-9-. The van der Waals surface area contributed by atoms with E-state index in [-0.39, 0.29) is 24.5 Å². The average molecular weight is 570 g/mol. The summed E-state index contributed by atoms with van der Waals surface area (Å²) in [4.78, 5) is 27.1. The smallest absolute Gasteiger partial charge is 0.266 e. The van der Waals surface area contributed by atoms with Crippen molar-refractivity contribution in [2.75, 3.05) is 19.0 Å². The van der Waals surface area contributed by atoms with E-state index in [2.05, 4.69) is 21.2 Å². The molecule has 6 nitrogen and oxygen atoms in total. The molecule has 2 aromatic carbocycles. The fourth-order valence-corrected chi connectivity index (χ4v) is 5.32. The molecule has 1 fully saturated rings. The van der Waals surface area contributed by atoms with Crippen LogP contribution in [0.4, 0.5) is 5.69 Å². The van der Waals surface area contributed by atoms with Crippen molar-refractivity contribution in [3.8, 4) is 11.5 Å². The van der Waals surface area contributed by atoms with Crippen molar-refractivity contribution >= 4 is 79.4 Å². The monoisotopic (exact) mass is 568 g/mol. The normalized spacial score (nSPS) is 14.9. The fourth-order valence-electron chi connectivity index (χ4n) is 3.05. The Morgan fingerprint density at radius 3 is 2.67 bits per heavy atom. The predicted octanol–water partition coefficient (Wildman–Crippen LogP) is 6.05. The van der Waals surface area contributed by atoms with Crippen molar-refractivity contribution in [1.29, 1.82) is 0 Å². The highest BCUT2D eigenvalue weighted by molar-refractivity contribution is 9.10. The van der Waals surface area contributed by atoms with Gasteiger partial charge in [0, 0.05) is 16.8 Å². The number of carbonyl (C=O) groups excluding carboxylic acids is 2. The van der Waals surface area contributed by atoms with Crippen molar-refractivity contribution in [2.45, 2.75) is 26.8 Å². The maximum Gasteiger partial charge on any atom is 0.266 e. The number of amides is 2. The van der Waals surface area contributed by atoms with Crippen LogP contribution >= 0.6 is 51.5 Å². The Balaban J connectivity index is 1.74. The van der Waals surface area contributed by atoms with Crippen LogP contribution in [0.25, 0.3) is 6.08 Å². The molecule has 1 heterocycles. The van der Waals surface area contributed by atoms with E-state index in [1.54, 1.807) is 35.2 Å². The highest BCUT2D eigenvalue weighted by atomic mass is 79.9. The van der Waals surface area contributed by atoms with Gasteiger partial charge in [-0.05, 0) is 78.2 Å². The molecule has 0 radical (unpaired) electrons. The number of ether oxygens (including phenoxy) is 2. The maximum atomic E-state index is 12.7. The van der Waals surface area contributed by atoms with E-state index < -0.39 is 0 Å². The first-order chi connectivity index (χ1) is 15.6. The third-order valence-electron chi connectivity index (χ3n) is 4.69. The van der Waals surface area contributed by atoms with Crippen LogP contribution < -0.4 is 14.8 Å². The van der Waals surface area contributed by atoms with Gasteiger partial charge in [0.1, 0.15) is 4.32 Å². The fraction of sp³-hybridized carbons (Fsp3) is 0.261. The van der Waals surface area contributed by atoms with Gasteiger partial charge >= 0.3 is 0 Å². The van der Waals surface area contributed by atoms with E-state index in [1.165, 1.54) is 18.9 Å². The van der Waals surface area contributed by atoms with Gasteiger partial charge in [-0.15, -0.1) is 0 Å². The Labute approximate surface area is 215 Å². The molecule has 2 aromatic rings. The second-order valence-electron chi connectivity index (χ2n) is 7.48. The van der Waals surface area contributed by atoms with Crippen LogP contribution in [0.3, 0.4) is 0 Å². The van der Waals surface area contributed by atoms with Crippen LogP contribution in [-0.2, 0) is 9.59 Å². The molecule has 174 valence electrons. The molecule has 1 aliphatic heterocycles. The lowest BCUT2D eigenvalue weighted by molar-refractivity contribution is -0.123. The van der Waals surface area contributed by atoms with Crippen molar-refractivity contribution in [1.82, 2.24) is 4.90 Å². The minimum absolute atomic E-state index is 0.0115. The zero-order valence-electron chi connectivity index (χ0n) is 18.4. The number of carbonyl (C=O) groups is 2. The number of hydrogen-bond acceptors (Lipinski definition) is 6. The van der Waals surface area contributed by atoms with Crippen molar-refractivity contribution in [2.24, 2.45) is 0 Å². The lowest BCUT2D eigenvalue weighted by Gasteiger charge is -2.18. The third kappa shape index (κ3) is 6.09. The summed E-state index contributed by atoms with van der Waals surface area (Å²) in [6, 6.07) is 8.79. The molecule has 3 rings (SSSR count). The van der Waals surface area contributed by atoms with Gasteiger partial charge in [0.25, 0.3) is 11.8 Å². The average Bonchev–Trinajstić information content (AvgIpc) is 3.02. The van der Waals surface area contributed by atoms with Crippen LogP contribution in [0.15, 0.2) is 39.7 Å². The summed E-state index contributed by atoms with van der Waals surface area (Å²) < 4.78 is 12.3. The molecule has 0 saturated carbocycles. The van der Waals surface area contributed by atoms with Crippen LogP contribution in [-0.4, -0.2) is 40.8 Å². The number of nitrogens with zero attached hydrogens (tertiary/aromatic N) is 1. The van der Waals surface area contributed by atoms with Crippen molar-refractivity contribution in [3.05, 3.63) is 55.9 Å². The molecule has 0 aromatic heterocycles. The highest BCUT2D eigenvalue weighted by Crippen LogP contribution is 2.39. The first kappa shape index (κ1) is 25.6. The van der Waals surface area contributed by atoms with Gasteiger partial charge in [-0.1, -0.05) is 41.6 Å². The minimum Gasteiger partial charge on any atom is -0.493 e.